The molecule has 21 heavy (non-hydrogen) atoms. The molecule has 1 aromatic rings. The van der Waals surface area contributed by atoms with Crippen molar-refractivity contribution in [3.05, 3.63) is 46.0 Å². The van der Waals surface area contributed by atoms with E-state index in [0.717, 1.165) is 13.2 Å². The summed E-state index contributed by atoms with van der Waals surface area (Å²) < 4.78 is 4.40. The van der Waals surface area contributed by atoms with Gasteiger partial charge in [0.25, 0.3) is 5.69 Å². The molecule has 1 rings (SSSR count). The Morgan fingerprint density at radius 2 is 2.24 bits per heavy atom. The van der Waals surface area contributed by atoms with Crippen molar-refractivity contribution in [2.24, 2.45) is 0 Å². The third kappa shape index (κ3) is 5.03. The summed E-state index contributed by atoms with van der Waals surface area (Å²) in [6.07, 6.45) is 2.46. The van der Waals surface area contributed by atoms with E-state index in [0.29, 0.717) is 5.56 Å². The number of nitrogens with one attached hydrogen (secondary N) is 1. The molecule has 1 aromatic carbocycles. The highest BCUT2D eigenvalue weighted by molar-refractivity contribution is 5.94. The molecule has 0 fully saturated rings. The Kier molecular flexibility index (Phi) is 6.02. The number of amides is 1. The van der Waals surface area contributed by atoms with Crippen molar-refractivity contribution >= 4 is 23.6 Å². The predicted molar refractivity (Wildman–Crippen MR) is 73.2 cm³/mol. The average Bonchev–Trinajstić information content (AvgIpc) is 2.50. The van der Waals surface area contributed by atoms with E-state index in [1.807, 2.05) is 0 Å². The summed E-state index contributed by atoms with van der Waals surface area (Å²) in [5.41, 5.74) is 0.360. The standard InChI is InChI=1S/C13H14N2O6/c1-21-13(18)11(8-16)14-12(17)6-5-9-3-2-4-10(7-9)15(19)20/h2-7,11,16H,8H2,1H3,(H,14,17)/b6-5+. The van der Waals surface area contributed by atoms with E-state index in [9.17, 15) is 19.7 Å². The topological polar surface area (TPSA) is 119 Å². The van der Waals surface area contributed by atoms with Crippen LogP contribution < -0.4 is 5.32 Å². The molecule has 0 bridgehead atoms. The Morgan fingerprint density at radius 1 is 1.52 bits per heavy atom. The lowest BCUT2D eigenvalue weighted by molar-refractivity contribution is -0.384. The highest BCUT2D eigenvalue weighted by Crippen LogP contribution is 2.13. The number of nitrogens with zero attached hydrogens (tertiary/aromatic N) is 1. The van der Waals surface area contributed by atoms with Crippen molar-refractivity contribution in [3.8, 4) is 0 Å². The van der Waals surface area contributed by atoms with Crippen LogP contribution in [0.4, 0.5) is 5.69 Å². The summed E-state index contributed by atoms with van der Waals surface area (Å²) in [7, 11) is 1.14. The molecule has 8 nitrogen and oxygen atoms in total. The largest absolute Gasteiger partial charge is 0.467 e. The van der Waals surface area contributed by atoms with Crippen LogP contribution in [0.1, 0.15) is 5.56 Å². The molecule has 0 saturated carbocycles. The third-order valence-electron chi connectivity index (χ3n) is 2.49. The van der Waals surface area contributed by atoms with Crippen LogP contribution in [0, 0.1) is 10.1 Å². The third-order valence-corrected chi connectivity index (χ3v) is 2.49. The molecular formula is C13H14N2O6. The SMILES string of the molecule is COC(=O)C(CO)NC(=O)/C=C/c1cccc([N+](=O)[O-])c1. The molecule has 0 aromatic heterocycles. The molecule has 0 heterocycles. The van der Waals surface area contributed by atoms with Crippen LogP contribution in [0.25, 0.3) is 6.08 Å². The predicted octanol–water partition coefficient (Wildman–Crippen LogP) is 0.258. The molecule has 0 aliphatic carbocycles. The number of non-ortho nitro benzene ring substituents is 1. The highest BCUT2D eigenvalue weighted by atomic mass is 16.6. The van der Waals surface area contributed by atoms with Crippen molar-refractivity contribution < 1.29 is 24.4 Å². The summed E-state index contributed by atoms with van der Waals surface area (Å²) in [4.78, 5) is 32.8. The maximum Gasteiger partial charge on any atom is 0.330 e. The Balaban J connectivity index is 2.71. The van der Waals surface area contributed by atoms with Gasteiger partial charge in [0.1, 0.15) is 0 Å². The number of rotatable bonds is 6. The summed E-state index contributed by atoms with van der Waals surface area (Å²) in [6.45, 7) is -0.594. The lowest BCUT2D eigenvalue weighted by Gasteiger charge is -2.11. The normalized spacial score (nSPS) is 11.9. The molecule has 112 valence electrons. The number of carbonyl (C=O) groups excluding carboxylic acids is 2. The van der Waals surface area contributed by atoms with E-state index in [2.05, 4.69) is 10.1 Å². The van der Waals surface area contributed by atoms with Crippen molar-refractivity contribution in [1.82, 2.24) is 5.32 Å². The van der Waals surface area contributed by atoms with Gasteiger partial charge in [0, 0.05) is 18.2 Å². The van der Waals surface area contributed by atoms with E-state index in [4.69, 9.17) is 5.11 Å². The minimum absolute atomic E-state index is 0.0969. The van der Waals surface area contributed by atoms with Crippen LogP contribution in [0.15, 0.2) is 30.3 Å². The molecule has 1 unspecified atom stereocenters. The van der Waals surface area contributed by atoms with Crippen molar-refractivity contribution in [3.63, 3.8) is 0 Å². The van der Waals surface area contributed by atoms with Crippen LogP contribution in [0.5, 0.6) is 0 Å². The smallest absolute Gasteiger partial charge is 0.330 e. The first-order chi connectivity index (χ1) is 9.97. The maximum absolute atomic E-state index is 11.6. The van der Waals surface area contributed by atoms with Gasteiger partial charge < -0.3 is 15.2 Å². The minimum atomic E-state index is -1.16. The Labute approximate surface area is 120 Å². The Morgan fingerprint density at radius 3 is 2.81 bits per heavy atom. The van der Waals surface area contributed by atoms with E-state index < -0.39 is 29.4 Å². The molecule has 1 atom stereocenters. The number of aliphatic hydroxyl groups excluding tert-OH is 1. The fraction of sp³-hybridized carbons (Fsp3) is 0.231. The number of carbonyl (C=O) groups is 2. The lowest BCUT2D eigenvalue weighted by atomic mass is 10.2. The van der Waals surface area contributed by atoms with Crippen LogP contribution in [0.3, 0.4) is 0 Å². The van der Waals surface area contributed by atoms with E-state index in [1.54, 1.807) is 6.07 Å². The first-order valence-electron chi connectivity index (χ1n) is 5.89. The number of benzene rings is 1. The molecule has 0 radical (unpaired) electrons. The Hall–Kier alpha value is -2.74. The molecule has 8 heteroatoms. The van der Waals surface area contributed by atoms with E-state index in [1.165, 1.54) is 24.3 Å². The average molecular weight is 294 g/mol. The van der Waals surface area contributed by atoms with Gasteiger partial charge in [-0.1, -0.05) is 12.1 Å². The van der Waals surface area contributed by atoms with Gasteiger partial charge in [-0.3, -0.25) is 14.9 Å². The fourth-order valence-corrected chi connectivity index (χ4v) is 1.46. The van der Waals surface area contributed by atoms with Crippen LogP contribution in [0.2, 0.25) is 0 Å². The number of ether oxygens (including phenoxy) is 1. The van der Waals surface area contributed by atoms with Gasteiger partial charge in [-0.2, -0.15) is 0 Å². The molecule has 0 aliphatic rings. The van der Waals surface area contributed by atoms with Gasteiger partial charge in [-0.15, -0.1) is 0 Å². The number of esters is 1. The van der Waals surface area contributed by atoms with Gasteiger partial charge in [-0.25, -0.2) is 4.79 Å². The number of nitro benzene ring substituents is 1. The molecule has 1 amide bonds. The second-order valence-electron chi connectivity index (χ2n) is 3.95. The number of methoxy groups -OCH3 is 1. The molecule has 0 aliphatic heterocycles. The van der Waals surface area contributed by atoms with Crippen LogP contribution >= 0.6 is 0 Å². The summed E-state index contributed by atoms with van der Waals surface area (Å²) in [6, 6.07) is 4.54. The number of hydrogen-bond acceptors (Lipinski definition) is 6. The number of aliphatic hydroxyl groups is 1. The van der Waals surface area contributed by atoms with E-state index >= 15 is 0 Å². The molecular weight excluding hydrogens is 280 g/mol. The van der Waals surface area contributed by atoms with Gasteiger partial charge in [-0.05, 0) is 11.6 Å². The van der Waals surface area contributed by atoms with Crippen LogP contribution in [-0.4, -0.2) is 41.7 Å². The lowest BCUT2D eigenvalue weighted by Crippen LogP contribution is -2.43. The molecule has 0 saturated heterocycles. The van der Waals surface area contributed by atoms with Crippen molar-refractivity contribution in [1.29, 1.82) is 0 Å². The van der Waals surface area contributed by atoms with Crippen molar-refractivity contribution in [2.45, 2.75) is 6.04 Å². The van der Waals surface area contributed by atoms with Gasteiger partial charge in [0.2, 0.25) is 5.91 Å². The second-order valence-corrected chi connectivity index (χ2v) is 3.95. The summed E-state index contributed by atoms with van der Waals surface area (Å²) >= 11 is 0. The second kappa shape index (κ2) is 7.75. The zero-order valence-electron chi connectivity index (χ0n) is 11.2. The Bertz CT molecular complexity index is 570. The van der Waals surface area contributed by atoms with Crippen LogP contribution in [-0.2, 0) is 14.3 Å². The van der Waals surface area contributed by atoms with Crippen molar-refractivity contribution in [2.75, 3.05) is 13.7 Å². The van der Waals surface area contributed by atoms with Gasteiger partial charge in [0.05, 0.1) is 18.6 Å². The quantitative estimate of drug-likeness (QED) is 0.336. The first-order valence-corrected chi connectivity index (χ1v) is 5.89. The van der Waals surface area contributed by atoms with Gasteiger partial charge >= 0.3 is 5.97 Å². The highest BCUT2D eigenvalue weighted by Gasteiger charge is 2.19. The fourth-order valence-electron chi connectivity index (χ4n) is 1.46. The minimum Gasteiger partial charge on any atom is -0.467 e. The summed E-state index contributed by atoms with van der Waals surface area (Å²) in [5.74, 6) is -1.40. The van der Waals surface area contributed by atoms with Gasteiger partial charge in [0.15, 0.2) is 6.04 Å². The number of hydrogen-bond donors (Lipinski definition) is 2. The monoisotopic (exact) mass is 294 g/mol. The molecule has 0 spiro atoms. The number of nitro groups is 1. The zero-order valence-corrected chi connectivity index (χ0v) is 11.2. The molecule has 2 N–H and O–H groups in total. The van der Waals surface area contributed by atoms with E-state index in [-0.39, 0.29) is 5.69 Å². The first kappa shape index (κ1) is 16.3. The maximum atomic E-state index is 11.6. The zero-order chi connectivity index (χ0) is 15.8. The summed E-state index contributed by atoms with van der Waals surface area (Å²) in [5, 5.41) is 21.8.